The van der Waals surface area contributed by atoms with E-state index in [0.29, 0.717) is 0 Å². The first-order chi connectivity index (χ1) is 7.72. The van der Waals surface area contributed by atoms with Gasteiger partial charge in [0.1, 0.15) is 6.10 Å². The van der Waals surface area contributed by atoms with Crippen LogP contribution in [0.3, 0.4) is 0 Å². The predicted molar refractivity (Wildman–Crippen MR) is 61.5 cm³/mol. The van der Waals surface area contributed by atoms with Gasteiger partial charge in [0.05, 0.1) is 13.2 Å². The molecule has 0 aromatic heterocycles. The zero-order valence-corrected chi connectivity index (χ0v) is 9.17. The van der Waals surface area contributed by atoms with E-state index in [9.17, 15) is 4.79 Å². The molecule has 0 spiro atoms. The highest BCUT2D eigenvalue weighted by molar-refractivity contribution is 5.79. The predicted octanol–water partition coefficient (Wildman–Crippen LogP) is 1.03. The highest BCUT2D eigenvalue weighted by Crippen LogP contribution is 1.96. The standard InChI is InChI=1S/C12H15NO3/c1-10(15)16-12(9-14)8-13-7-11-5-3-2-4-6-11/h2-7,12,14H,8-9H2,1H3/b13-7+. The molecule has 1 aromatic rings. The van der Waals surface area contributed by atoms with Gasteiger partial charge in [0.2, 0.25) is 0 Å². The summed E-state index contributed by atoms with van der Waals surface area (Å²) in [6, 6.07) is 9.59. The van der Waals surface area contributed by atoms with Crippen molar-refractivity contribution in [3.8, 4) is 0 Å². The number of hydrogen-bond acceptors (Lipinski definition) is 4. The average molecular weight is 221 g/mol. The minimum absolute atomic E-state index is 0.217. The fourth-order valence-electron chi connectivity index (χ4n) is 1.18. The van der Waals surface area contributed by atoms with Crippen molar-refractivity contribution in [1.29, 1.82) is 0 Å². The van der Waals surface area contributed by atoms with Crippen molar-refractivity contribution in [2.24, 2.45) is 4.99 Å². The van der Waals surface area contributed by atoms with Crippen LogP contribution < -0.4 is 0 Å². The summed E-state index contributed by atoms with van der Waals surface area (Å²) in [7, 11) is 0. The Morgan fingerprint density at radius 3 is 2.75 bits per heavy atom. The Kier molecular flexibility index (Phi) is 5.22. The van der Waals surface area contributed by atoms with E-state index in [4.69, 9.17) is 9.84 Å². The molecule has 4 nitrogen and oxygen atoms in total. The molecular weight excluding hydrogens is 206 g/mol. The largest absolute Gasteiger partial charge is 0.458 e. The van der Waals surface area contributed by atoms with Crippen LogP contribution in [-0.2, 0) is 9.53 Å². The number of aliphatic imine (C=N–C) groups is 1. The summed E-state index contributed by atoms with van der Waals surface area (Å²) in [6.07, 6.45) is 1.13. The van der Waals surface area contributed by atoms with Gasteiger partial charge in [0.25, 0.3) is 0 Å². The fraction of sp³-hybridized carbons (Fsp3) is 0.333. The Labute approximate surface area is 94.6 Å². The molecule has 0 bridgehead atoms. The second-order valence-corrected chi connectivity index (χ2v) is 3.32. The summed E-state index contributed by atoms with van der Waals surface area (Å²) in [4.78, 5) is 14.8. The monoisotopic (exact) mass is 221 g/mol. The van der Waals surface area contributed by atoms with Crippen LogP contribution in [0.4, 0.5) is 0 Å². The topological polar surface area (TPSA) is 58.9 Å². The first kappa shape index (κ1) is 12.4. The van der Waals surface area contributed by atoms with Crippen LogP contribution in [0.15, 0.2) is 35.3 Å². The smallest absolute Gasteiger partial charge is 0.303 e. The van der Waals surface area contributed by atoms with Gasteiger partial charge in [-0.05, 0) is 5.56 Å². The van der Waals surface area contributed by atoms with Gasteiger partial charge in [0, 0.05) is 13.1 Å². The summed E-state index contributed by atoms with van der Waals surface area (Å²) in [5.41, 5.74) is 0.974. The molecule has 0 saturated carbocycles. The zero-order chi connectivity index (χ0) is 11.8. The molecule has 16 heavy (non-hydrogen) atoms. The van der Waals surface area contributed by atoms with Crippen LogP contribution in [-0.4, -0.2) is 36.5 Å². The Morgan fingerprint density at radius 1 is 1.50 bits per heavy atom. The lowest BCUT2D eigenvalue weighted by Crippen LogP contribution is -2.23. The number of nitrogens with zero attached hydrogens (tertiary/aromatic N) is 1. The maximum absolute atomic E-state index is 10.7. The summed E-state index contributed by atoms with van der Waals surface area (Å²) in [6.45, 7) is 1.36. The molecule has 1 atom stereocenters. The minimum atomic E-state index is -0.558. The van der Waals surface area contributed by atoms with Crippen molar-refractivity contribution in [1.82, 2.24) is 0 Å². The Hall–Kier alpha value is -1.68. The van der Waals surface area contributed by atoms with Crippen molar-refractivity contribution in [2.75, 3.05) is 13.2 Å². The Morgan fingerprint density at radius 2 is 2.19 bits per heavy atom. The number of carbonyl (C=O) groups is 1. The van der Waals surface area contributed by atoms with Gasteiger partial charge in [-0.2, -0.15) is 0 Å². The molecule has 0 fully saturated rings. The fourth-order valence-corrected chi connectivity index (χ4v) is 1.18. The quantitative estimate of drug-likeness (QED) is 0.596. The molecule has 4 heteroatoms. The number of aliphatic hydroxyl groups is 1. The van der Waals surface area contributed by atoms with E-state index >= 15 is 0 Å². The highest BCUT2D eigenvalue weighted by Gasteiger charge is 2.08. The molecule has 0 heterocycles. The second kappa shape index (κ2) is 6.74. The molecule has 1 N–H and O–H groups in total. The Bertz CT molecular complexity index is 349. The second-order valence-electron chi connectivity index (χ2n) is 3.32. The molecule has 86 valence electrons. The zero-order valence-electron chi connectivity index (χ0n) is 9.17. The molecule has 1 rings (SSSR count). The van der Waals surface area contributed by atoms with E-state index in [1.54, 1.807) is 6.21 Å². The van der Waals surface area contributed by atoms with E-state index in [-0.39, 0.29) is 13.2 Å². The first-order valence-corrected chi connectivity index (χ1v) is 5.05. The van der Waals surface area contributed by atoms with Gasteiger partial charge in [-0.3, -0.25) is 9.79 Å². The number of aliphatic hydroxyl groups excluding tert-OH is 1. The van der Waals surface area contributed by atoms with Gasteiger partial charge in [-0.1, -0.05) is 30.3 Å². The summed E-state index contributed by atoms with van der Waals surface area (Å²) in [5, 5.41) is 8.92. The van der Waals surface area contributed by atoms with Gasteiger partial charge in [-0.15, -0.1) is 0 Å². The lowest BCUT2D eigenvalue weighted by molar-refractivity contribution is -0.147. The van der Waals surface area contributed by atoms with Crippen LogP contribution in [0.25, 0.3) is 0 Å². The van der Waals surface area contributed by atoms with E-state index in [1.807, 2.05) is 30.3 Å². The third-order valence-electron chi connectivity index (χ3n) is 1.89. The minimum Gasteiger partial charge on any atom is -0.458 e. The summed E-state index contributed by atoms with van der Waals surface area (Å²) < 4.78 is 4.83. The van der Waals surface area contributed by atoms with Gasteiger partial charge in [-0.25, -0.2) is 0 Å². The maximum Gasteiger partial charge on any atom is 0.303 e. The molecule has 0 amide bonds. The van der Waals surface area contributed by atoms with Crippen molar-refractivity contribution < 1.29 is 14.6 Å². The van der Waals surface area contributed by atoms with Crippen LogP contribution in [0.1, 0.15) is 12.5 Å². The molecular formula is C12H15NO3. The number of hydrogen-bond donors (Lipinski definition) is 1. The summed E-state index contributed by atoms with van der Waals surface area (Å²) >= 11 is 0. The number of esters is 1. The highest BCUT2D eigenvalue weighted by atomic mass is 16.5. The Balaban J connectivity index is 2.43. The molecule has 0 aliphatic rings. The molecule has 0 radical (unpaired) electrons. The first-order valence-electron chi connectivity index (χ1n) is 5.05. The maximum atomic E-state index is 10.7. The van der Waals surface area contributed by atoms with Crippen molar-refractivity contribution in [3.63, 3.8) is 0 Å². The average Bonchev–Trinajstić information content (AvgIpc) is 2.28. The molecule has 1 unspecified atom stereocenters. The molecule has 1 aromatic carbocycles. The molecule has 0 aliphatic carbocycles. The van der Waals surface area contributed by atoms with Crippen LogP contribution in [0.5, 0.6) is 0 Å². The van der Waals surface area contributed by atoms with Crippen LogP contribution in [0, 0.1) is 0 Å². The number of benzene rings is 1. The molecule has 0 saturated heterocycles. The van der Waals surface area contributed by atoms with Gasteiger partial charge in [0.15, 0.2) is 0 Å². The van der Waals surface area contributed by atoms with Crippen LogP contribution >= 0.6 is 0 Å². The van der Waals surface area contributed by atoms with E-state index in [1.165, 1.54) is 6.92 Å². The summed E-state index contributed by atoms with van der Waals surface area (Å²) in [5.74, 6) is -0.408. The van der Waals surface area contributed by atoms with Gasteiger partial charge >= 0.3 is 5.97 Å². The lowest BCUT2D eigenvalue weighted by Gasteiger charge is -2.10. The van der Waals surface area contributed by atoms with Crippen LogP contribution in [0.2, 0.25) is 0 Å². The lowest BCUT2D eigenvalue weighted by atomic mass is 10.2. The third kappa shape index (κ3) is 4.70. The molecule has 0 aliphatic heterocycles. The van der Waals surface area contributed by atoms with Crippen molar-refractivity contribution in [2.45, 2.75) is 13.0 Å². The SMILES string of the molecule is CC(=O)OC(CO)C/N=C/c1ccccc1. The van der Waals surface area contributed by atoms with E-state index in [0.717, 1.165) is 5.56 Å². The third-order valence-corrected chi connectivity index (χ3v) is 1.89. The number of carbonyl (C=O) groups excluding carboxylic acids is 1. The van der Waals surface area contributed by atoms with Crippen molar-refractivity contribution in [3.05, 3.63) is 35.9 Å². The van der Waals surface area contributed by atoms with E-state index < -0.39 is 12.1 Å². The van der Waals surface area contributed by atoms with E-state index in [2.05, 4.69) is 4.99 Å². The van der Waals surface area contributed by atoms with Crippen molar-refractivity contribution >= 4 is 12.2 Å². The normalized spacial score (nSPS) is 12.6. The number of rotatable bonds is 5. The van der Waals surface area contributed by atoms with Gasteiger partial charge < -0.3 is 9.84 Å². The number of ether oxygens (including phenoxy) is 1.